The molecule has 0 aliphatic carbocycles. The maximum absolute atomic E-state index is 6.11. The van der Waals surface area contributed by atoms with E-state index in [1.165, 1.54) is 10.0 Å². The molecule has 2 nitrogen and oxygen atoms in total. The van der Waals surface area contributed by atoms with Gasteiger partial charge in [0, 0.05) is 36.2 Å². The molecule has 1 aromatic carbocycles. The minimum atomic E-state index is 0.483. The third kappa shape index (κ3) is 4.08. The summed E-state index contributed by atoms with van der Waals surface area (Å²) in [6.07, 6.45) is 6.88. The van der Waals surface area contributed by atoms with E-state index >= 15 is 0 Å². The number of benzene rings is 1. The van der Waals surface area contributed by atoms with Gasteiger partial charge in [0.25, 0.3) is 0 Å². The summed E-state index contributed by atoms with van der Waals surface area (Å²) in [5.74, 6) is 2.30. The van der Waals surface area contributed by atoms with Crippen molar-refractivity contribution in [3.8, 4) is 0 Å². The zero-order valence-corrected chi connectivity index (χ0v) is 13.4. The average molecular weight is 342 g/mol. The van der Waals surface area contributed by atoms with Crippen LogP contribution in [0.3, 0.4) is 0 Å². The number of nitrogens with zero attached hydrogens (tertiary/aromatic N) is 2. The zero-order chi connectivity index (χ0) is 13.7. The topological polar surface area (TPSA) is 17.8 Å². The molecule has 0 fully saturated rings. The Morgan fingerprint density at radius 1 is 1.37 bits per heavy atom. The first kappa shape index (κ1) is 14.6. The summed E-state index contributed by atoms with van der Waals surface area (Å²) in [5.41, 5.74) is 1.33. The number of alkyl halides is 1. The van der Waals surface area contributed by atoms with Gasteiger partial charge in [-0.1, -0.05) is 34.1 Å². The van der Waals surface area contributed by atoms with Crippen LogP contribution in [0.4, 0.5) is 0 Å². The van der Waals surface area contributed by atoms with Gasteiger partial charge in [-0.25, -0.2) is 4.98 Å². The van der Waals surface area contributed by atoms with Gasteiger partial charge in [-0.15, -0.1) is 11.6 Å². The van der Waals surface area contributed by atoms with Crippen molar-refractivity contribution in [1.29, 1.82) is 0 Å². The lowest BCUT2D eigenvalue weighted by molar-refractivity contribution is 0.522. The third-order valence-corrected chi connectivity index (χ3v) is 4.59. The first-order valence-corrected chi connectivity index (χ1v) is 7.79. The van der Waals surface area contributed by atoms with Crippen molar-refractivity contribution in [2.75, 3.05) is 5.88 Å². The summed E-state index contributed by atoms with van der Waals surface area (Å²) in [4.78, 5) is 4.36. The summed E-state index contributed by atoms with van der Waals surface area (Å²) in [5, 5.41) is 0. The van der Waals surface area contributed by atoms with E-state index in [1.54, 1.807) is 0 Å². The molecule has 0 aliphatic heterocycles. The zero-order valence-electron chi connectivity index (χ0n) is 11.0. The van der Waals surface area contributed by atoms with Crippen molar-refractivity contribution in [3.05, 3.63) is 52.5 Å². The van der Waals surface area contributed by atoms with Gasteiger partial charge in [-0.3, -0.25) is 0 Å². The second-order valence-corrected chi connectivity index (χ2v) is 5.97. The molecule has 0 N–H and O–H groups in total. The third-order valence-electron chi connectivity index (χ3n) is 3.38. The van der Waals surface area contributed by atoms with E-state index in [0.717, 1.165) is 25.1 Å². The van der Waals surface area contributed by atoms with E-state index < -0.39 is 0 Å². The molecule has 1 heterocycles. The smallest absolute Gasteiger partial charge is 0.108 e. The number of hydrogen-bond acceptors (Lipinski definition) is 1. The molecule has 0 spiro atoms. The van der Waals surface area contributed by atoms with Gasteiger partial charge in [0.1, 0.15) is 5.82 Å². The highest BCUT2D eigenvalue weighted by molar-refractivity contribution is 9.10. The van der Waals surface area contributed by atoms with Crippen molar-refractivity contribution >= 4 is 27.5 Å². The molecular weight excluding hydrogens is 324 g/mol. The van der Waals surface area contributed by atoms with E-state index in [4.69, 9.17) is 11.6 Å². The Kier molecular flexibility index (Phi) is 5.46. The number of aryl methyl sites for hydroxylation is 2. The van der Waals surface area contributed by atoms with Gasteiger partial charge in [-0.2, -0.15) is 0 Å². The summed E-state index contributed by atoms with van der Waals surface area (Å²) in [6, 6.07) is 8.35. The van der Waals surface area contributed by atoms with Crippen LogP contribution in [0, 0.1) is 5.92 Å². The molecule has 19 heavy (non-hydrogen) atoms. The van der Waals surface area contributed by atoms with E-state index in [0.29, 0.717) is 11.8 Å². The molecule has 1 unspecified atom stereocenters. The molecule has 1 aromatic heterocycles. The Morgan fingerprint density at radius 2 is 2.16 bits per heavy atom. The standard InChI is InChI=1S/C15H18BrClN2/c1-19-9-8-18-15(19)7-6-12(11-17)10-13-4-2-3-5-14(13)16/h2-5,8-9,12H,6-7,10-11H2,1H3. The van der Waals surface area contributed by atoms with Gasteiger partial charge in [-0.05, 0) is 30.4 Å². The van der Waals surface area contributed by atoms with Crippen LogP contribution >= 0.6 is 27.5 Å². The fraction of sp³-hybridized carbons (Fsp3) is 0.400. The number of aromatic nitrogens is 2. The monoisotopic (exact) mass is 340 g/mol. The van der Waals surface area contributed by atoms with Crippen molar-refractivity contribution < 1.29 is 0 Å². The normalized spacial score (nSPS) is 12.6. The van der Waals surface area contributed by atoms with Crippen LogP contribution in [-0.4, -0.2) is 15.4 Å². The van der Waals surface area contributed by atoms with E-state index in [-0.39, 0.29) is 0 Å². The Morgan fingerprint density at radius 3 is 2.79 bits per heavy atom. The van der Waals surface area contributed by atoms with E-state index in [9.17, 15) is 0 Å². The highest BCUT2D eigenvalue weighted by Crippen LogP contribution is 2.22. The lowest BCUT2D eigenvalue weighted by Gasteiger charge is -2.14. The predicted molar refractivity (Wildman–Crippen MR) is 83.6 cm³/mol. The van der Waals surface area contributed by atoms with Crippen molar-refractivity contribution in [2.24, 2.45) is 13.0 Å². The fourth-order valence-corrected chi connectivity index (χ4v) is 2.89. The number of halogens is 2. The molecule has 0 bridgehead atoms. The molecule has 1 atom stereocenters. The summed E-state index contributed by atoms with van der Waals surface area (Å²) in [6.45, 7) is 0. The van der Waals surface area contributed by atoms with Crippen LogP contribution in [0.5, 0.6) is 0 Å². The lowest BCUT2D eigenvalue weighted by Crippen LogP contribution is -2.10. The predicted octanol–water partition coefficient (Wildman–Crippen LogP) is 4.21. The fourth-order valence-electron chi connectivity index (χ4n) is 2.18. The average Bonchev–Trinajstić information content (AvgIpc) is 2.82. The molecule has 0 saturated heterocycles. The van der Waals surface area contributed by atoms with Crippen molar-refractivity contribution in [3.63, 3.8) is 0 Å². The molecule has 0 amide bonds. The molecule has 4 heteroatoms. The van der Waals surface area contributed by atoms with Crippen LogP contribution < -0.4 is 0 Å². The SMILES string of the molecule is Cn1ccnc1CCC(CCl)Cc1ccccc1Br. The lowest BCUT2D eigenvalue weighted by atomic mass is 9.96. The summed E-state index contributed by atoms with van der Waals surface area (Å²) < 4.78 is 3.24. The summed E-state index contributed by atoms with van der Waals surface area (Å²) >= 11 is 9.70. The maximum atomic E-state index is 6.11. The highest BCUT2D eigenvalue weighted by atomic mass is 79.9. The molecule has 0 radical (unpaired) electrons. The first-order chi connectivity index (χ1) is 9.20. The molecule has 0 aliphatic rings. The molecule has 102 valence electrons. The van der Waals surface area contributed by atoms with E-state index in [1.807, 2.05) is 25.5 Å². The van der Waals surface area contributed by atoms with Gasteiger partial charge in [0.2, 0.25) is 0 Å². The van der Waals surface area contributed by atoms with Gasteiger partial charge >= 0.3 is 0 Å². The Bertz CT molecular complexity index is 524. The van der Waals surface area contributed by atoms with Crippen molar-refractivity contribution in [1.82, 2.24) is 9.55 Å². The quantitative estimate of drug-likeness (QED) is 0.720. The molecule has 2 rings (SSSR count). The van der Waals surface area contributed by atoms with Crippen molar-refractivity contribution in [2.45, 2.75) is 19.3 Å². The minimum Gasteiger partial charge on any atom is -0.338 e. The number of imidazole rings is 1. The largest absolute Gasteiger partial charge is 0.338 e. The Balaban J connectivity index is 1.94. The van der Waals surface area contributed by atoms with Gasteiger partial charge in [0.15, 0.2) is 0 Å². The number of rotatable bonds is 6. The molecular formula is C15H18BrClN2. The minimum absolute atomic E-state index is 0.483. The maximum Gasteiger partial charge on any atom is 0.108 e. The van der Waals surface area contributed by atoms with Crippen LogP contribution in [0.15, 0.2) is 41.1 Å². The van der Waals surface area contributed by atoms with Gasteiger partial charge < -0.3 is 4.57 Å². The molecule has 2 aromatic rings. The Labute approximate surface area is 127 Å². The number of hydrogen-bond donors (Lipinski definition) is 0. The summed E-state index contributed by atoms with van der Waals surface area (Å²) in [7, 11) is 2.03. The second kappa shape index (κ2) is 7.11. The first-order valence-electron chi connectivity index (χ1n) is 6.46. The molecule has 0 saturated carbocycles. The Hall–Kier alpha value is -0.800. The highest BCUT2D eigenvalue weighted by Gasteiger charge is 2.12. The van der Waals surface area contributed by atoms with Crippen LogP contribution in [0.1, 0.15) is 17.8 Å². The van der Waals surface area contributed by atoms with Crippen LogP contribution in [0.25, 0.3) is 0 Å². The van der Waals surface area contributed by atoms with Gasteiger partial charge in [0.05, 0.1) is 0 Å². The van der Waals surface area contributed by atoms with E-state index in [2.05, 4.69) is 43.7 Å². The second-order valence-electron chi connectivity index (χ2n) is 4.81. The van der Waals surface area contributed by atoms with Crippen LogP contribution in [-0.2, 0) is 19.9 Å². The van der Waals surface area contributed by atoms with Crippen LogP contribution in [0.2, 0.25) is 0 Å².